The Morgan fingerprint density at radius 3 is 2.61 bits per heavy atom. The van der Waals surface area contributed by atoms with Crippen molar-refractivity contribution in [2.45, 2.75) is 19.9 Å². The number of benzene rings is 1. The zero-order valence-electron chi connectivity index (χ0n) is 13.2. The lowest BCUT2D eigenvalue weighted by atomic mass is 10.3. The van der Waals surface area contributed by atoms with Crippen LogP contribution >= 0.6 is 0 Å². The Balaban J connectivity index is 2.03. The van der Waals surface area contributed by atoms with Gasteiger partial charge in [-0.3, -0.25) is 9.59 Å². The fraction of sp³-hybridized carbons (Fsp3) is 0.294. The maximum absolute atomic E-state index is 12.2. The van der Waals surface area contributed by atoms with Crippen molar-refractivity contribution in [1.82, 2.24) is 4.57 Å². The number of methoxy groups -OCH3 is 1. The number of aromatic nitrogens is 1. The molecule has 1 heterocycles. The van der Waals surface area contributed by atoms with E-state index in [2.05, 4.69) is 5.32 Å². The molecule has 0 unspecified atom stereocenters. The lowest BCUT2D eigenvalue weighted by Crippen LogP contribution is -2.28. The molecule has 2 rings (SSSR count). The number of carbonyl (C=O) groups excluding carboxylic acids is 1. The first-order valence-corrected chi connectivity index (χ1v) is 7.40. The fourth-order valence-electron chi connectivity index (χ4n) is 1.99. The van der Waals surface area contributed by atoms with Crippen LogP contribution in [0, 0.1) is 0 Å². The van der Waals surface area contributed by atoms with Crippen molar-refractivity contribution in [2.75, 3.05) is 19.0 Å². The average molecular weight is 316 g/mol. The number of nitrogens with zero attached hydrogens (tertiary/aromatic N) is 1. The minimum atomic E-state index is -0.314. The van der Waals surface area contributed by atoms with Crippen molar-refractivity contribution < 1.29 is 14.3 Å². The van der Waals surface area contributed by atoms with Gasteiger partial charge in [-0.15, -0.1) is 0 Å². The number of carbonyl (C=O) groups is 1. The molecule has 1 N–H and O–H groups in total. The van der Waals surface area contributed by atoms with E-state index in [1.54, 1.807) is 49.7 Å². The number of hydrogen-bond acceptors (Lipinski definition) is 4. The maximum atomic E-state index is 12.2. The SMILES string of the molecule is CCCOc1cccn(CC(=O)Nc2ccc(OC)cc2)c1=O. The molecule has 23 heavy (non-hydrogen) atoms. The quantitative estimate of drug-likeness (QED) is 0.851. The van der Waals surface area contributed by atoms with Crippen LogP contribution in [-0.4, -0.2) is 24.2 Å². The van der Waals surface area contributed by atoms with Crippen LogP contribution in [0.1, 0.15) is 13.3 Å². The number of amides is 1. The normalized spacial score (nSPS) is 10.2. The lowest BCUT2D eigenvalue weighted by Gasteiger charge is -2.10. The molecule has 0 saturated heterocycles. The molecule has 6 heteroatoms. The van der Waals surface area contributed by atoms with Gasteiger partial charge in [0.2, 0.25) is 5.91 Å². The predicted molar refractivity (Wildman–Crippen MR) is 88.1 cm³/mol. The summed E-state index contributed by atoms with van der Waals surface area (Å²) in [5.41, 5.74) is 0.327. The van der Waals surface area contributed by atoms with Crippen LogP contribution in [0.25, 0.3) is 0 Å². The highest BCUT2D eigenvalue weighted by Crippen LogP contribution is 2.14. The molecule has 0 saturated carbocycles. The Bertz CT molecular complexity index is 707. The van der Waals surface area contributed by atoms with Gasteiger partial charge in [0.05, 0.1) is 13.7 Å². The van der Waals surface area contributed by atoms with Crippen molar-refractivity contribution in [3.8, 4) is 11.5 Å². The van der Waals surface area contributed by atoms with Crippen LogP contribution in [0.15, 0.2) is 47.4 Å². The molecule has 0 spiro atoms. The zero-order valence-corrected chi connectivity index (χ0v) is 13.2. The Hall–Kier alpha value is -2.76. The Morgan fingerprint density at radius 2 is 1.96 bits per heavy atom. The van der Waals surface area contributed by atoms with Gasteiger partial charge in [-0.05, 0) is 42.8 Å². The van der Waals surface area contributed by atoms with E-state index < -0.39 is 0 Å². The van der Waals surface area contributed by atoms with Crippen LogP contribution < -0.4 is 20.3 Å². The Kier molecular flexibility index (Phi) is 5.80. The summed E-state index contributed by atoms with van der Waals surface area (Å²) in [7, 11) is 1.58. The predicted octanol–water partition coefficient (Wildman–Crippen LogP) is 2.28. The number of pyridine rings is 1. The molecule has 122 valence electrons. The van der Waals surface area contributed by atoms with E-state index in [4.69, 9.17) is 9.47 Å². The number of anilines is 1. The molecule has 0 aliphatic rings. The van der Waals surface area contributed by atoms with Gasteiger partial charge in [0.15, 0.2) is 5.75 Å². The van der Waals surface area contributed by atoms with Gasteiger partial charge in [0, 0.05) is 11.9 Å². The number of rotatable bonds is 7. The minimum absolute atomic E-state index is 0.0752. The molecule has 1 aromatic carbocycles. The highest BCUT2D eigenvalue weighted by molar-refractivity contribution is 5.90. The van der Waals surface area contributed by atoms with Crippen LogP contribution in [0.2, 0.25) is 0 Å². The highest BCUT2D eigenvalue weighted by atomic mass is 16.5. The summed E-state index contributed by atoms with van der Waals surface area (Å²) in [5, 5.41) is 2.74. The third-order valence-corrected chi connectivity index (χ3v) is 3.13. The Labute approximate surface area is 134 Å². The van der Waals surface area contributed by atoms with Gasteiger partial charge < -0.3 is 19.4 Å². The Morgan fingerprint density at radius 1 is 1.22 bits per heavy atom. The second-order valence-corrected chi connectivity index (χ2v) is 4.93. The number of hydrogen-bond donors (Lipinski definition) is 1. The van der Waals surface area contributed by atoms with Crippen LogP contribution in [0.3, 0.4) is 0 Å². The smallest absolute Gasteiger partial charge is 0.293 e. The summed E-state index contributed by atoms with van der Waals surface area (Å²) >= 11 is 0. The molecule has 0 fully saturated rings. The van der Waals surface area contributed by atoms with E-state index in [0.717, 1.165) is 6.42 Å². The van der Waals surface area contributed by atoms with E-state index in [1.807, 2.05) is 6.92 Å². The monoisotopic (exact) mass is 316 g/mol. The summed E-state index contributed by atoms with van der Waals surface area (Å²) in [6.07, 6.45) is 2.38. The van der Waals surface area contributed by atoms with Crippen molar-refractivity contribution in [3.63, 3.8) is 0 Å². The molecule has 0 atom stereocenters. The van der Waals surface area contributed by atoms with Crippen LogP contribution in [0.5, 0.6) is 11.5 Å². The van der Waals surface area contributed by atoms with Gasteiger partial charge in [-0.25, -0.2) is 0 Å². The zero-order chi connectivity index (χ0) is 16.7. The van der Waals surface area contributed by atoms with Gasteiger partial charge in [-0.2, -0.15) is 0 Å². The van der Waals surface area contributed by atoms with Crippen molar-refractivity contribution in [1.29, 1.82) is 0 Å². The van der Waals surface area contributed by atoms with Gasteiger partial charge in [0.1, 0.15) is 12.3 Å². The molecule has 0 aliphatic heterocycles. The average Bonchev–Trinajstić information content (AvgIpc) is 2.56. The van der Waals surface area contributed by atoms with Crippen molar-refractivity contribution in [2.24, 2.45) is 0 Å². The standard InChI is InChI=1S/C17H20N2O4/c1-3-11-23-15-5-4-10-19(17(15)21)12-16(20)18-13-6-8-14(22-2)9-7-13/h4-10H,3,11-12H2,1-2H3,(H,18,20). The maximum Gasteiger partial charge on any atom is 0.293 e. The minimum Gasteiger partial charge on any atom is -0.497 e. The van der Waals surface area contributed by atoms with Gasteiger partial charge in [-0.1, -0.05) is 6.92 Å². The lowest BCUT2D eigenvalue weighted by molar-refractivity contribution is -0.116. The van der Waals surface area contributed by atoms with E-state index in [-0.39, 0.29) is 23.8 Å². The summed E-state index contributed by atoms with van der Waals surface area (Å²) in [6.45, 7) is 2.36. The van der Waals surface area contributed by atoms with Crippen LogP contribution in [-0.2, 0) is 11.3 Å². The third-order valence-electron chi connectivity index (χ3n) is 3.13. The van der Waals surface area contributed by atoms with E-state index >= 15 is 0 Å². The second kappa shape index (κ2) is 8.03. The number of nitrogens with one attached hydrogen (secondary N) is 1. The van der Waals surface area contributed by atoms with Crippen molar-refractivity contribution in [3.05, 3.63) is 52.9 Å². The summed E-state index contributed by atoms with van der Waals surface area (Å²) in [4.78, 5) is 24.3. The summed E-state index contributed by atoms with van der Waals surface area (Å²) in [5.74, 6) is 0.677. The molecule has 0 aliphatic carbocycles. The van der Waals surface area contributed by atoms with E-state index in [1.165, 1.54) is 4.57 Å². The van der Waals surface area contributed by atoms with Gasteiger partial charge in [0.25, 0.3) is 5.56 Å². The molecule has 1 amide bonds. The van der Waals surface area contributed by atoms with E-state index in [9.17, 15) is 9.59 Å². The first-order valence-electron chi connectivity index (χ1n) is 7.40. The molecular weight excluding hydrogens is 296 g/mol. The fourth-order valence-corrected chi connectivity index (χ4v) is 1.99. The largest absolute Gasteiger partial charge is 0.497 e. The molecule has 1 aromatic heterocycles. The first kappa shape index (κ1) is 16.6. The van der Waals surface area contributed by atoms with Crippen molar-refractivity contribution >= 4 is 11.6 Å². The second-order valence-electron chi connectivity index (χ2n) is 4.93. The molecule has 0 bridgehead atoms. The number of ether oxygens (including phenoxy) is 2. The first-order chi connectivity index (χ1) is 11.1. The van der Waals surface area contributed by atoms with Crippen LogP contribution in [0.4, 0.5) is 5.69 Å². The van der Waals surface area contributed by atoms with E-state index in [0.29, 0.717) is 18.0 Å². The highest BCUT2D eigenvalue weighted by Gasteiger charge is 2.08. The molecule has 0 radical (unpaired) electrons. The third kappa shape index (κ3) is 4.60. The molecule has 2 aromatic rings. The summed E-state index contributed by atoms with van der Waals surface area (Å²) in [6, 6.07) is 10.3. The summed E-state index contributed by atoms with van der Waals surface area (Å²) < 4.78 is 11.8. The molecule has 6 nitrogen and oxygen atoms in total. The topological polar surface area (TPSA) is 69.6 Å². The van der Waals surface area contributed by atoms with Gasteiger partial charge >= 0.3 is 0 Å². The molecular formula is C17H20N2O4.